The van der Waals surface area contributed by atoms with Crippen molar-refractivity contribution in [2.75, 3.05) is 19.7 Å². The topological polar surface area (TPSA) is 71.1 Å². The zero-order chi connectivity index (χ0) is 14.1. The molecule has 0 radical (unpaired) electrons. The van der Waals surface area contributed by atoms with Crippen LogP contribution in [0.5, 0.6) is 0 Å². The van der Waals surface area contributed by atoms with Crippen molar-refractivity contribution in [2.45, 2.75) is 20.0 Å². The Balaban J connectivity index is 1.75. The predicted octanol–water partition coefficient (Wildman–Crippen LogP) is 1.70. The number of aromatic amines is 1. The fraction of sp³-hybridized carbons (Fsp3) is 0.462. The van der Waals surface area contributed by atoms with Crippen LogP contribution in [0, 0.1) is 13.8 Å². The number of morpholine rings is 1. The minimum Gasteiger partial charge on any atom is -0.367 e. The average Bonchev–Trinajstić information content (AvgIpc) is 3.07. The Kier molecular flexibility index (Phi) is 3.54. The van der Waals surface area contributed by atoms with Gasteiger partial charge in [0.1, 0.15) is 16.8 Å². The largest absolute Gasteiger partial charge is 0.367 e. The Labute approximate surface area is 120 Å². The van der Waals surface area contributed by atoms with E-state index in [1.54, 1.807) is 11.7 Å². The number of rotatable bonds is 2. The summed E-state index contributed by atoms with van der Waals surface area (Å²) in [6.07, 6.45) is 1.59. The lowest BCUT2D eigenvalue weighted by Crippen LogP contribution is -2.42. The van der Waals surface area contributed by atoms with Crippen LogP contribution in [0.25, 0.3) is 0 Å². The van der Waals surface area contributed by atoms with E-state index in [0.717, 1.165) is 17.2 Å². The highest BCUT2D eigenvalue weighted by Crippen LogP contribution is 2.23. The SMILES string of the molecule is Cc1cnc([C@H]2CN(C(=O)c3scnc3C)CCO2)[nH]1. The number of amides is 1. The van der Waals surface area contributed by atoms with E-state index >= 15 is 0 Å². The standard InChI is InChI=1S/C13H16N4O2S/c1-8-5-14-12(16-8)10-6-17(3-4-19-10)13(18)11-9(2)15-7-20-11/h5,7,10H,3-4,6H2,1-2H3,(H,14,16)/t10-/m1/s1. The molecule has 6 nitrogen and oxygen atoms in total. The third kappa shape index (κ3) is 2.46. The zero-order valence-electron chi connectivity index (χ0n) is 11.4. The molecule has 1 aliphatic heterocycles. The average molecular weight is 292 g/mol. The van der Waals surface area contributed by atoms with Gasteiger partial charge < -0.3 is 14.6 Å². The van der Waals surface area contributed by atoms with Gasteiger partial charge in [0.05, 0.1) is 24.4 Å². The minimum atomic E-state index is -0.186. The molecule has 1 aliphatic rings. The fourth-order valence-electron chi connectivity index (χ4n) is 2.25. The molecule has 0 aromatic carbocycles. The second-order valence-electron chi connectivity index (χ2n) is 4.83. The third-order valence-corrected chi connectivity index (χ3v) is 4.24. The van der Waals surface area contributed by atoms with Gasteiger partial charge in [-0.2, -0.15) is 0 Å². The van der Waals surface area contributed by atoms with E-state index in [2.05, 4.69) is 15.0 Å². The molecule has 0 bridgehead atoms. The Morgan fingerprint density at radius 2 is 2.35 bits per heavy atom. The Bertz CT molecular complexity index is 621. The van der Waals surface area contributed by atoms with E-state index < -0.39 is 0 Å². The van der Waals surface area contributed by atoms with E-state index in [1.807, 2.05) is 18.7 Å². The molecule has 0 unspecified atom stereocenters. The van der Waals surface area contributed by atoms with Gasteiger partial charge >= 0.3 is 0 Å². The summed E-state index contributed by atoms with van der Waals surface area (Å²) in [4.78, 5) is 26.6. The monoisotopic (exact) mass is 292 g/mol. The summed E-state index contributed by atoms with van der Waals surface area (Å²) in [5.41, 5.74) is 3.48. The van der Waals surface area contributed by atoms with E-state index in [9.17, 15) is 4.79 Å². The summed E-state index contributed by atoms with van der Waals surface area (Å²) in [7, 11) is 0. The number of imidazole rings is 1. The number of carbonyl (C=O) groups excluding carboxylic acids is 1. The van der Waals surface area contributed by atoms with Crippen LogP contribution in [0.2, 0.25) is 0 Å². The molecule has 1 amide bonds. The van der Waals surface area contributed by atoms with Crippen molar-refractivity contribution in [1.82, 2.24) is 19.9 Å². The highest BCUT2D eigenvalue weighted by Gasteiger charge is 2.29. The first kappa shape index (κ1) is 13.3. The second-order valence-corrected chi connectivity index (χ2v) is 5.68. The van der Waals surface area contributed by atoms with Gasteiger partial charge in [0.2, 0.25) is 0 Å². The molecule has 0 saturated carbocycles. The molecule has 2 aromatic heterocycles. The van der Waals surface area contributed by atoms with Crippen LogP contribution in [0.15, 0.2) is 11.7 Å². The number of thiazole rings is 1. The maximum absolute atomic E-state index is 12.5. The predicted molar refractivity (Wildman–Crippen MR) is 74.8 cm³/mol. The maximum atomic E-state index is 12.5. The molecular weight excluding hydrogens is 276 g/mol. The fourth-order valence-corrected chi connectivity index (χ4v) is 3.02. The molecule has 1 N–H and O–H groups in total. The molecule has 1 saturated heterocycles. The molecular formula is C13H16N4O2S. The third-order valence-electron chi connectivity index (χ3n) is 3.32. The van der Waals surface area contributed by atoms with Crippen molar-refractivity contribution in [3.63, 3.8) is 0 Å². The summed E-state index contributed by atoms with van der Waals surface area (Å²) < 4.78 is 5.71. The first-order valence-corrected chi connectivity index (χ1v) is 7.35. The van der Waals surface area contributed by atoms with E-state index in [1.165, 1.54) is 11.3 Å². The number of H-pyrrole nitrogens is 1. The van der Waals surface area contributed by atoms with Crippen LogP contribution in [-0.4, -0.2) is 45.5 Å². The van der Waals surface area contributed by atoms with Crippen LogP contribution >= 0.6 is 11.3 Å². The lowest BCUT2D eigenvalue weighted by atomic mass is 10.2. The Morgan fingerprint density at radius 3 is 3.00 bits per heavy atom. The Hall–Kier alpha value is -1.73. The summed E-state index contributed by atoms with van der Waals surface area (Å²) >= 11 is 1.39. The van der Waals surface area contributed by atoms with Gasteiger partial charge in [0, 0.05) is 18.4 Å². The van der Waals surface area contributed by atoms with Crippen molar-refractivity contribution in [1.29, 1.82) is 0 Å². The molecule has 20 heavy (non-hydrogen) atoms. The number of hydrogen-bond acceptors (Lipinski definition) is 5. The zero-order valence-corrected chi connectivity index (χ0v) is 12.2. The van der Waals surface area contributed by atoms with Gasteiger partial charge in [-0.05, 0) is 13.8 Å². The maximum Gasteiger partial charge on any atom is 0.266 e. The highest BCUT2D eigenvalue weighted by molar-refractivity contribution is 7.11. The normalized spacial score (nSPS) is 19.3. The van der Waals surface area contributed by atoms with Gasteiger partial charge in [-0.3, -0.25) is 4.79 Å². The van der Waals surface area contributed by atoms with Gasteiger partial charge in [-0.15, -0.1) is 11.3 Å². The van der Waals surface area contributed by atoms with Gasteiger partial charge in [-0.25, -0.2) is 9.97 Å². The smallest absolute Gasteiger partial charge is 0.266 e. The second kappa shape index (κ2) is 5.34. The summed E-state index contributed by atoms with van der Waals surface area (Å²) in [5.74, 6) is 0.808. The van der Waals surface area contributed by atoms with Crippen LogP contribution in [0.1, 0.15) is 33.0 Å². The number of aryl methyl sites for hydroxylation is 2. The van der Waals surface area contributed by atoms with Crippen LogP contribution < -0.4 is 0 Å². The Morgan fingerprint density at radius 1 is 1.50 bits per heavy atom. The summed E-state index contributed by atoms with van der Waals surface area (Å²) in [6, 6.07) is 0. The van der Waals surface area contributed by atoms with Gasteiger partial charge in [0.25, 0.3) is 5.91 Å². The lowest BCUT2D eigenvalue weighted by molar-refractivity contribution is -0.0263. The molecule has 1 atom stereocenters. The van der Waals surface area contributed by atoms with Crippen molar-refractivity contribution in [2.24, 2.45) is 0 Å². The number of aromatic nitrogens is 3. The highest BCUT2D eigenvalue weighted by atomic mass is 32.1. The lowest BCUT2D eigenvalue weighted by Gasteiger charge is -2.31. The quantitative estimate of drug-likeness (QED) is 0.914. The molecule has 1 fully saturated rings. The van der Waals surface area contributed by atoms with E-state index in [4.69, 9.17) is 4.74 Å². The van der Waals surface area contributed by atoms with E-state index in [0.29, 0.717) is 24.6 Å². The van der Waals surface area contributed by atoms with Crippen LogP contribution in [-0.2, 0) is 4.74 Å². The first-order valence-electron chi connectivity index (χ1n) is 6.47. The number of nitrogens with one attached hydrogen (secondary N) is 1. The van der Waals surface area contributed by atoms with Crippen molar-refractivity contribution < 1.29 is 9.53 Å². The van der Waals surface area contributed by atoms with Crippen LogP contribution in [0.3, 0.4) is 0 Å². The van der Waals surface area contributed by atoms with Crippen molar-refractivity contribution in [3.8, 4) is 0 Å². The van der Waals surface area contributed by atoms with Gasteiger partial charge in [-0.1, -0.05) is 0 Å². The molecule has 0 spiro atoms. The molecule has 106 valence electrons. The number of hydrogen-bond donors (Lipinski definition) is 1. The molecule has 0 aliphatic carbocycles. The number of carbonyl (C=O) groups is 1. The van der Waals surface area contributed by atoms with Crippen molar-refractivity contribution >= 4 is 17.2 Å². The first-order chi connectivity index (χ1) is 9.65. The number of nitrogens with zero attached hydrogens (tertiary/aromatic N) is 3. The molecule has 3 heterocycles. The number of ether oxygens (including phenoxy) is 1. The summed E-state index contributed by atoms with van der Waals surface area (Å²) in [6.45, 7) is 5.45. The van der Waals surface area contributed by atoms with Gasteiger partial charge in [0.15, 0.2) is 0 Å². The van der Waals surface area contributed by atoms with E-state index in [-0.39, 0.29) is 12.0 Å². The minimum absolute atomic E-state index is 0.0292. The molecule has 3 rings (SSSR count). The van der Waals surface area contributed by atoms with Crippen molar-refractivity contribution in [3.05, 3.63) is 33.8 Å². The molecule has 7 heteroatoms. The molecule has 2 aromatic rings. The summed E-state index contributed by atoms with van der Waals surface area (Å²) in [5, 5.41) is 0. The van der Waals surface area contributed by atoms with Crippen LogP contribution in [0.4, 0.5) is 0 Å².